The highest BCUT2D eigenvalue weighted by Gasteiger charge is 2.07. The molecule has 0 aromatic heterocycles. The van der Waals surface area contributed by atoms with Crippen molar-refractivity contribution in [2.24, 2.45) is 0 Å². The fraction of sp³-hybridized carbons (Fsp3) is 0.263. The molecule has 4 nitrogen and oxygen atoms in total. The minimum atomic E-state index is -0.827. The predicted octanol–water partition coefficient (Wildman–Crippen LogP) is 4.27. The smallest absolute Gasteiger partial charge is 0.303 e. The Bertz CT molecular complexity index is 698. The van der Waals surface area contributed by atoms with Crippen LogP contribution in [0.4, 0.5) is 0 Å². The van der Waals surface area contributed by atoms with Gasteiger partial charge in [0, 0.05) is 24.4 Å². The Morgan fingerprint density at radius 1 is 0.958 bits per heavy atom. The third-order valence-corrected chi connectivity index (χ3v) is 3.95. The van der Waals surface area contributed by atoms with E-state index in [1.165, 1.54) is 0 Å². The molecular formula is C19H20ClNO3. The molecule has 24 heavy (non-hydrogen) atoms. The molecule has 0 aliphatic carbocycles. The van der Waals surface area contributed by atoms with Crippen molar-refractivity contribution in [3.05, 3.63) is 59.1 Å². The van der Waals surface area contributed by atoms with Crippen LogP contribution in [0, 0.1) is 0 Å². The number of nitrogens with one attached hydrogen (secondary N) is 1. The van der Waals surface area contributed by atoms with Crippen molar-refractivity contribution in [2.45, 2.75) is 32.2 Å². The van der Waals surface area contributed by atoms with E-state index in [1.807, 2.05) is 48.5 Å². The van der Waals surface area contributed by atoms with Crippen molar-refractivity contribution in [3.63, 3.8) is 0 Å². The second-order valence-corrected chi connectivity index (χ2v) is 5.98. The number of unbranched alkanes of at least 4 members (excludes halogenated alkanes) is 1. The van der Waals surface area contributed by atoms with E-state index in [0.29, 0.717) is 30.8 Å². The lowest BCUT2D eigenvalue weighted by Crippen LogP contribution is -2.22. The van der Waals surface area contributed by atoms with Crippen LogP contribution in [-0.4, -0.2) is 17.0 Å². The molecule has 0 aliphatic rings. The van der Waals surface area contributed by atoms with Crippen molar-refractivity contribution in [1.82, 2.24) is 5.32 Å². The topological polar surface area (TPSA) is 66.4 Å². The lowest BCUT2D eigenvalue weighted by atomic mass is 9.99. The zero-order chi connectivity index (χ0) is 17.4. The highest BCUT2D eigenvalue weighted by molar-refractivity contribution is 6.30. The molecule has 0 saturated carbocycles. The molecule has 0 bridgehead atoms. The van der Waals surface area contributed by atoms with Crippen LogP contribution in [0.3, 0.4) is 0 Å². The van der Waals surface area contributed by atoms with Crippen LogP contribution in [0.15, 0.2) is 48.5 Å². The Kier molecular flexibility index (Phi) is 6.82. The molecule has 2 aromatic rings. The molecule has 2 aromatic carbocycles. The van der Waals surface area contributed by atoms with Gasteiger partial charge in [0.05, 0.1) is 0 Å². The molecule has 0 radical (unpaired) electrons. The summed E-state index contributed by atoms with van der Waals surface area (Å²) in [5.74, 6) is -0.890. The Hall–Kier alpha value is -2.33. The van der Waals surface area contributed by atoms with E-state index in [2.05, 4.69) is 5.32 Å². The highest BCUT2D eigenvalue weighted by Crippen LogP contribution is 2.25. The summed E-state index contributed by atoms with van der Waals surface area (Å²) in [7, 11) is 0. The van der Waals surface area contributed by atoms with Crippen molar-refractivity contribution < 1.29 is 14.7 Å². The van der Waals surface area contributed by atoms with Crippen LogP contribution in [0.1, 0.15) is 31.2 Å². The van der Waals surface area contributed by atoms with Gasteiger partial charge in [0.25, 0.3) is 0 Å². The number of hydrogen-bond donors (Lipinski definition) is 2. The maximum atomic E-state index is 11.9. The van der Waals surface area contributed by atoms with E-state index in [-0.39, 0.29) is 12.3 Å². The van der Waals surface area contributed by atoms with Crippen LogP contribution in [-0.2, 0) is 16.1 Å². The average Bonchev–Trinajstić information content (AvgIpc) is 2.58. The lowest BCUT2D eigenvalue weighted by Gasteiger charge is -2.11. The normalized spacial score (nSPS) is 10.4. The molecule has 0 fully saturated rings. The first-order chi connectivity index (χ1) is 11.6. The monoisotopic (exact) mass is 345 g/mol. The summed E-state index contributed by atoms with van der Waals surface area (Å²) < 4.78 is 0. The quantitative estimate of drug-likeness (QED) is 0.702. The third kappa shape index (κ3) is 5.70. The van der Waals surface area contributed by atoms with Gasteiger partial charge in [-0.25, -0.2) is 0 Å². The van der Waals surface area contributed by atoms with Gasteiger partial charge < -0.3 is 10.4 Å². The van der Waals surface area contributed by atoms with E-state index in [9.17, 15) is 9.59 Å². The Morgan fingerprint density at radius 3 is 2.33 bits per heavy atom. The van der Waals surface area contributed by atoms with Gasteiger partial charge in [-0.2, -0.15) is 0 Å². The van der Waals surface area contributed by atoms with Crippen LogP contribution in [0.2, 0.25) is 5.02 Å². The zero-order valence-electron chi connectivity index (χ0n) is 13.3. The number of benzene rings is 2. The molecule has 2 N–H and O–H groups in total. The summed E-state index contributed by atoms with van der Waals surface area (Å²) in [6, 6.07) is 15.5. The zero-order valence-corrected chi connectivity index (χ0v) is 14.1. The number of carboxylic acids is 1. The van der Waals surface area contributed by atoms with E-state index >= 15 is 0 Å². The summed E-state index contributed by atoms with van der Waals surface area (Å²) in [5.41, 5.74) is 3.13. The number of rotatable bonds is 8. The number of amides is 1. The van der Waals surface area contributed by atoms with Gasteiger partial charge in [-0.05, 0) is 41.7 Å². The Balaban J connectivity index is 1.92. The number of carboxylic acid groups (broad SMARTS) is 1. The van der Waals surface area contributed by atoms with Gasteiger partial charge in [0.2, 0.25) is 5.91 Å². The predicted molar refractivity (Wildman–Crippen MR) is 94.8 cm³/mol. The molecular weight excluding hydrogens is 326 g/mol. The molecule has 0 saturated heterocycles. The summed E-state index contributed by atoms with van der Waals surface area (Å²) in [5, 5.41) is 12.2. The second-order valence-electron chi connectivity index (χ2n) is 5.54. The largest absolute Gasteiger partial charge is 0.481 e. The summed E-state index contributed by atoms with van der Waals surface area (Å²) in [6.45, 7) is 0.441. The maximum absolute atomic E-state index is 11.9. The van der Waals surface area contributed by atoms with Gasteiger partial charge in [0.1, 0.15) is 0 Å². The van der Waals surface area contributed by atoms with E-state index < -0.39 is 5.97 Å². The number of carbonyl (C=O) groups excluding carboxylic acids is 1. The summed E-state index contributed by atoms with van der Waals surface area (Å²) in [4.78, 5) is 22.3. The third-order valence-electron chi connectivity index (χ3n) is 3.69. The fourth-order valence-corrected chi connectivity index (χ4v) is 2.56. The van der Waals surface area contributed by atoms with Crippen LogP contribution in [0.25, 0.3) is 11.1 Å². The van der Waals surface area contributed by atoms with Gasteiger partial charge in [-0.15, -0.1) is 0 Å². The average molecular weight is 346 g/mol. The first-order valence-corrected chi connectivity index (χ1v) is 8.26. The molecule has 0 heterocycles. The standard InChI is InChI=1S/C19H20ClNO3/c20-16-11-9-14(10-12-16)17-6-2-1-5-15(17)13-21-18(22)7-3-4-8-19(23)24/h1-2,5-6,9-12H,3-4,7-8,13H2,(H,21,22)(H,23,24). The summed E-state index contributed by atoms with van der Waals surface area (Å²) >= 11 is 5.93. The SMILES string of the molecule is O=C(O)CCCCC(=O)NCc1ccccc1-c1ccc(Cl)cc1. The minimum absolute atomic E-state index is 0.0636. The molecule has 5 heteroatoms. The van der Waals surface area contributed by atoms with Crippen molar-refractivity contribution in [2.75, 3.05) is 0 Å². The number of hydrogen-bond acceptors (Lipinski definition) is 2. The van der Waals surface area contributed by atoms with E-state index in [1.54, 1.807) is 0 Å². The first-order valence-electron chi connectivity index (χ1n) is 7.88. The van der Waals surface area contributed by atoms with Crippen molar-refractivity contribution in [1.29, 1.82) is 0 Å². The number of carbonyl (C=O) groups is 2. The number of halogens is 1. The Morgan fingerprint density at radius 2 is 1.62 bits per heavy atom. The second kappa shape index (κ2) is 9.08. The lowest BCUT2D eigenvalue weighted by molar-refractivity contribution is -0.137. The van der Waals surface area contributed by atoms with Crippen LogP contribution >= 0.6 is 11.6 Å². The molecule has 0 spiro atoms. The van der Waals surface area contributed by atoms with Gasteiger partial charge in [-0.3, -0.25) is 9.59 Å². The summed E-state index contributed by atoms with van der Waals surface area (Å²) in [6.07, 6.45) is 1.55. The van der Waals surface area contributed by atoms with E-state index in [0.717, 1.165) is 16.7 Å². The number of aliphatic carboxylic acids is 1. The van der Waals surface area contributed by atoms with Gasteiger partial charge >= 0.3 is 5.97 Å². The Labute approximate surface area is 146 Å². The molecule has 0 atom stereocenters. The van der Waals surface area contributed by atoms with E-state index in [4.69, 9.17) is 16.7 Å². The maximum Gasteiger partial charge on any atom is 0.303 e. The molecule has 0 aliphatic heterocycles. The molecule has 126 valence electrons. The van der Waals surface area contributed by atoms with Crippen molar-refractivity contribution in [3.8, 4) is 11.1 Å². The molecule has 1 amide bonds. The highest BCUT2D eigenvalue weighted by atomic mass is 35.5. The first kappa shape index (κ1) is 18.0. The van der Waals surface area contributed by atoms with Gasteiger partial charge in [0.15, 0.2) is 0 Å². The van der Waals surface area contributed by atoms with Gasteiger partial charge in [-0.1, -0.05) is 48.0 Å². The molecule has 2 rings (SSSR count). The minimum Gasteiger partial charge on any atom is -0.481 e. The van der Waals surface area contributed by atoms with Crippen LogP contribution in [0.5, 0.6) is 0 Å². The fourth-order valence-electron chi connectivity index (χ4n) is 2.43. The van der Waals surface area contributed by atoms with Crippen molar-refractivity contribution >= 4 is 23.5 Å². The van der Waals surface area contributed by atoms with Crippen LogP contribution < -0.4 is 5.32 Å². The molecule has 0 unspecified atom stereocenters.